The molecule has 192 valence electrons. The number of Topliss-reactive ketones (excluding diaryl/α,β-unsaturated/α-hetero) is 1. The number of hydrogen-bond donors (Lipinski definition) is 1. The van der Waals surface area contributed by atoms with Crippen LogP contribution in [0.25, 0.3) is 0 Å². The van der Waals surface area contributed by atoms with Gasteiger partial charge in [-0.1, -0.05) is 97.5 Å². The molecule has 0 rings (SSSR count). The van der Waals surface area contributed by atoms with E-state index >= 15 is 0 Å². The Labute approximate surface area is 195 Å². The average Bonchev–Trinajstić information content (AvgIpc) is 2.67. The van der Waals surface area contributed by atoms with Gasteiger partial charge in [0.15, 0.2) is 0 Å². The molecule has 0 spiro atoms. The number of halogens is 4. The quantitative estimate of drug-likeness (QED) is 0.0887. The Hall–Kier alpha value is -0.845. The maximum Gasteiger partial charge on any atom is 0.673 e. The van der Waals surface area contributed by atoms with Gasteiger partial charge < -0.3 is 22.6 Å². The van der Waals surface area contributed by atoms with Crippen molar-refractivity contribution in [3.05, 3.63) is 12.2 Å². The van der Waals surface area contributed by atoms with Crippen LogP contribution in [0.4, 0.5) is 17.3 Å². The van der Waals surface area contributed by atoms with Crippen molar-refractivity contribution in [3.63, 3.8) is 0 Å². The van der Waals surface area contributed by atoms with Crippen molar-refractivity contribution in [2.45, 2.75) is 143 Å². The summed E-state index contributed by atoms with van der Waals surface area (Å²) in [6.45, 7) is 14.6. The average molecular weight is 467 g/mol. The second kappa shape index (κ2) is 19.6. The summed E-state index contributed by atoms with van der Waals surface area (Å²) in [7, 11) is -6.00. The zero-order chi connectivity index (χ0) is 25.0. The molecule has 7 heteroatoms. The maximum absolute atomic E-state index is 12.2. The van der Waals surface area contributed by atoms with Crippen LogP contribution in [0, 0.1) is 0 Å². The molecule has 2 nitrogen and oxygen atoms in total. The largest absolute Gasteiger partial charge is 0.673 e. The number of rotatable bonds is 19. The van der Waals surface area contributed by atoms with E-state index in [9.17, 15) is 22.1 Å². The van der Waals surface area contributed by atoms with E-state index in [1.54, 1.807) is 0 Å². The molecule has 0 aromatic heterocycles. The van der Waals surface area contributed by atoms with Crippen molar-refractivity contribution in [3.8, 4) is 0 Å². The number of ketones is 1. The topological polar surface area (TPSA) is 33.7 Å². The van der Waals surface area contributed by atoms with Gasteiger partial charge in [0.1, 0.15) is 6.04 Å². The molecule has 1 unspecified atom stereocenters. The molecule has 2 N–H and O–H groups in total. The Balaban J connectivity index is 0. The van der Waals surface area contributed by atoms with Gasteiger partial charge in [-0.15, -0.1) is 0 Å². The van der Waals surface area contributed by atoms with Crippen molar-refractivity contribution < 1.29 is 27.4 Å². The predicted octanol–water partition coefficient (Wildman–Crippen LogP) is 8.03. The number of carbonyl (C=O) groups excluding carboxylic acids is 1. The number of hydrogen-bond acceptors (Lipinski definition) is 1. The first-order chi connectivity index (χ1) is 14.8. The molecule has 1 atom stereocenters. The number of carbonyl (C=O) groups is 1. The second-order valence-electron chi connectivity index (χ2n) is 9.80. The Morgan fingerprint density at radius 2 is 1.16 bits per heavy atom. The number of nitrogens with two attached hydrogens (primary N) is 1. The van der Waals surface area contributed by atoms with Crippen molar-refractivity contribution in [1.29, 1.82) is 0 Å². The normalized spacial score (nSPS) is 12.8. The van der Waals surface area contributed by atoms with Crippen LogP contribution in [0.5, 0.6) is 0 Å². The smallest absolute Gasteiger partial charge is 0.418 e. The van der Waals surface area contributed by atoms with Crippen molar-refractivity contribution in [1.82, 2.24) is 0 Å². The molecule has 0 aliphatic rings. The summed E-state index contributed by atoms with van der Waals surface area (Å²) in [5.41, 5.74) is 0.832. The SMILES string of the molecule is C=C(C)C(=O)C(CC)[NH2+]C(C)(C)CCCCCCCCCCCCCCC.F[B-](F)(F)F. The van der Waals surface area contributed by atoms with E-state index in [1.807, 2.05) is 6.92 Å². The van der Waals surface area contributed by atoms with Crippen LogP contribution in [0.15, 0.2) is 12.2 Å². The Kier molecular flexibility index (Phi) is 20.4. The minimum absolute atomic E-state index is 0.0412. The van der Waals surface area contributed by atoms with Crippen LogP contribution in [0.3, 0.4) is 0 Å². The van der Waals surface area contributed by atoms with Gasteiger partial charge in [-0.2, -0.15) is 0 Å². The van der Waals surface area contributed by atoms with Crippen LogP contribution in [-0.2, 0) is 4.79 Å². The number of unbranched alkanes of at least 4 members (excludes halogenated alkanes) is 12. The summed E-state index contributed by atoms with van der Waals surface area (Å²) in [5, 5.41) is 2.28. The Morgan fingerprint density at radius 3 is 1.47 bits per heavy atom. The van der Waals surface area contributed by atoms with Crippen LogP contribution >= 0.6 is 0 Å². The van der Waals surface area contributed by atoms with Gasteiger partial charge in [0.2, 0.25) is 5.78 Å². The first-order valence-electron chi connectivity index (χ1n) is 12.8. The van der Waals surface area contributed by atoms with Gasteiger partial charge in [-0.25, -0.2) is 0 Å². The molecule has 0 radical (unpaired) electrons. The molecular weight excluding hydrogens is 417 g/mol. The molecule has 0 aliphatic heterocycles. The summed E-state index contributed by atoms with van der Waals surface area (Å²) >= 11 is 0. The Bertz CT molecular complexity index is 475. The van der Waals surface area contributed by atoms with Gasteiger partial charge in [-0.05, 0) is 32.8 Å². The summed E-state index contributed by atoms with van der Waals surface area (Å²) in [6.07, 6.45) is 20.2. The lowest BCUT2D eigenvalue weighted by Gasteiger charge is -2.27. The van der Waals surface area contributed by atoms with E-state index in [0.717, 1.165) is 6.42 Å². The molecular formula is C25H50BF4NO. The van der Waals surface area contributed by atoms with E-state index in [4.69, 9.17) is 0 Å². The van der Waals surface area contributed by atoms with Crippen LogP contribution in [-0.4, -0.2) is 24.6 Å². The van der Waals surface area contributed by atoms with Gasteiger partial charge in [0.25, 0.3) is 0 Å². The fraction of sp³-hybridized carbons (Fsp3) is 0.880. The standard InChI is InChI=1S/C25H49NO.BF4/c1-7-9-10-11-12-13-14-15-16-17-18-19-20-21-25(5,6)26-23(8-2)24(27)22(3)4;2-1(3,4)5/h23,26H,3,7-21H2,1-2,4-6H3;/q;-1/p+1. The summed E-state index contributed by atoms with van der Waals surface area (Å²) in [6, 6.07) is 0.0412. The summed E-state index contributed by atoms with van der Waals surface area (Å²) < 4.78 is 39.0. The monoisotopic (exact) mass is 467 g/mol. The summed E-state index contributed by atoms with van der Waals surface area (Å²) in [5.74, 6) is 0.218. The fourth-order valence-corrected chi connectivity index (χ4v) is 3.92. The van der Waals surface area contributed by atoms with E-state index < -0.39 is 7.25 Å². The first kappa shape index (κ1) is 33.3. The second-order valence-corrected chi connectivity index (χ2v) is 9.80. The third-order valence-electron chi connectivity index (χ3n) is 5.77. The van der Waals surface area contributed by atoms with Gasteiger partial charge >= 0.3 is 7.25 Å². The highest BCUT2D eigenvalue weighted by molar-refractivity contribution is 6.50. The molecule has 0 saturated carbocycles. The number of quaternary nitrogens is 1. The molecule has 0 heterocycles. The molecule has 0 aliphatic carbocycles. The van der Waals surface area contributed by atoms with E-state index in [1.165, 1.54) is 89.9 Å². The summed E-state index contributed by atoms with van der Waals surface area (Å²) in [4.78, 5) is 12.2. The van der Waals surface area contributed by atoms with Crippen molar-refractivity contribution >= 4 is 13.0 Å². The minimum Gasteiger partial charge on any atom is -0.418 e. The lowest BCUT2D eigenvalue weighted by atomic mass is 9.93. The van der Waals surface area contributed by atoms with Gasteiger partial charge in [0, 0.05) is 12.8 Å². The highest BCUT2D eigenvalue weighted by Gasteiger charge is 2.29. The van der Waals surface area contributed by atoms with Crippen LogP contribution < -0.4 is 5.32 Å². The predicted molar refractivity (Wildman–Crippen MR) is 130 cm³/mol. The highest BCUT2D eigenvalue weighted by atomic mass is 19.5. The fourth-order valence-electron chi connectivity index (χ4n) is 3.92. The maximum atomic E-state index is 12.2. The lowest BCUT2D eigenvalue weighted by Crippen LogP contribution is -3.00. The minimum atomic E-state index is -6.00. The van der Waals surface area contributed by atoms with E-state index in [0.29, 0.717) is 5.57 Å². The lowest BCUT2D eigenvalue weighted by molar-refractivity contribution is -0.740. The van der Waals surface area contributed by atoms with E-state index in [2.05, 4.69) is 39.6 Å². The molecule has 0 aromatic rings. The van der Waals surface area contributed by atoms with Gasteiger partial charge in [-0.3, -0.25) is 4.79 Å². The Morgan fingerprint density at radius 1 is 0.812 bits per heavy atom. The molecule has 0 amide bonds. The van der Waals surface area contributed by atoms with Crippen molar-refractivity contribution in [2.24, 2.45) is 0 Å². The first-order valence-corrected chi connectivity index (χ1v) is 12.8. The molecule has 0 saturated heterocycles. The zero-order valence-electron chi connectivity index (χ0n) is 21.5. The molecule has 32 heavy (non-hydrogen) atoms. The molecule has 0 aromatic carbocycles. The highest BCUT2D eigenvalue weighted by Crippen LogP contribution is 2.15. The van der Waals surface area contributed by atoms with Crippen LogP contribution in [0.1, 0.15) is 131 Å². The third-order valence-corrected chi connectivity index (χ3v) is 5.77. The molecule has 0 bridgehead atoms. The van der Waals surface area contributed by atoms with E-state index in [-0.39, 0.29) is 17.4 Å². The van der Waals surface area contributed by atoms with Crippen LogP contribution in [0.2, 0.25) is 0 Å². The zero-order valence-corrected chi connectivity index (χ0v) is 21.5. The van der Waals surface area contributed by atoms with Gasteiger partial charge in [0.05, 0.1) is 5.54 Å². The van der Waals surface area contributed by atoms with Crippen molar-refractivity contribution in [2.75, 3.05) is 0 Å². The third kappa shape index (κ3) is 25.4. The molecule has 0 fully saturated rings.